The molecule has 1 atom stereocenters. The first kappa shape index (κ1) is 22.1. The van der Waals surface area contributed by atoms with Gasteiger partial charge in [-0.3, -0.25) is 4.79 Å². The number of carbonyl (C=O) groups excluding carboxylic acids is 3. The van der Waals surface area contributed by atoms with Crippen LogP contribution in [-0.4, -0.2) is 53.1 Å². The van der Waals surface area contributed by atoms with E-state index in [1.165, 1.54) is 18.6 Å². The number of methoxy groups -OCH3 is 2. The Labute approximate surface area is 156 Å². The Morgan fingerprint density at radius 1 is 1.19 bits per heavy atom. The van der Waals surface area contributed by atoms with E-state index in [1.54, 1.807) is 0 Å². The van der Waals surface area contributed by atoms with Gasteiger partial charge in [0.25, 0.3) is 0 Å². The second-order valence-electron chi connectivity index (χ2n) is 5.70. The summed E-state index contributed by atoms with van der Waals surface area (Å²) in [7, 11) is -1.76. The number of ether oxygens (including phenoxy) is 2. The minimum absolute atomic E-state index is 0.0901. The summed E-state index contributed by atoms with van der Waals surface area (Å²) in [5.74, 6) is -1.97. The number of rotatable bonds is 9. The minimum atomic E-state index is -4.10. The number of esters is 2. The Hall–Kier alpha value is -1.98. The molecule has 0 radical (unpaired) electrons. The molecule has 2 N–H and O–H groups in total. The van der Waals surface area contributed by atoms with E-state index >= 15 is 0 Å². The molecule has 1 amide bonds. The molecule has 0 saturated carbocycles. The third-order valence-corrected chi connectivity index (χ3v) is 5.71. The maximum atomic E-state index is 12.3. The van der Waals surface area contributed by atoms with Gasteiger partial charge < -0.3 is 14.8 Å². The van der Waals surface area contributed by atoms with Gasteiger partial charge in [-0.1, -0.05) is 13.8 Å². The van der Waals surface area contributed by atoms with Crippen molar-refractivity contribution in [1.82, 2.24) is 10.0 Å². The van der Waals surface area contributed by atoms with Crippen molar-refractivity contribution >= 4 is 39.2 Å². The van der Waals surface area contributed by atoms with E-state index in [1.807, 2.05) is 13.8 Å². The van der Waals surface area contributed by atoms with Crippen molar-refractivity contribution in [3.05, 3.63) is 16.3 Å². The first-order chi connectivity index (χ1) is 12.1. The van der Waals surface area contributed by atoms with Gasteiger partial charge in [0.05, 0.1) is 20.8 Å². The maximum Gasteiger partial charge on any atom is 0.349 e. The number of hydrogen-bond donors (Lipinski definition) is 2. The fraction of sp³-hybridized carbons (Fsp3) is 0.533. The Bertz CT molecular complexity index is 756. The van der Waals surface area contributed by atoms with Crippen molar-refractivity contribution in [1.29, 1.82) is 0 Å². The summed E-state index contributed by atoms with van der Waals surface area (Å²) < 4.78 is 35.9. The van der Waals surface area contributed by atoms with Gasteiger partial charge in [-0.05, 0) is 23.8 Å². The molecule has 0 saturated heterocycles. The molecular weight excluding hydrogens is 384 g/mol. The van der Waals surface area contributed by atoms with Crippen molar-refractivity contribution in [2.24, 2.45) is 5.92 Å². The van der Waals surface area contributed by atoms with E-state index in [-0.39, 0.29) is 15.7 Å². The molecule has 9 nitrogen and oxygen atoms in total. The summed E-state index contributed by atoms with van der Waals surface area (Å²) in [4.78, 5) is 35.0. The molecule has 0 aromatic carbocycles. The molecule has 11 heteroatoms. The quantitative estimate of drug-likeness (QED) is 0.572. The molecule has 0 aliphatic carbocycles. The predicted octanol–water partition coefficient (Wildman–Crippen LogP) is 0.517. The van der Waals surface area contributed by atoms with Gasteiger partial charge in [-0.2, -0.15) is 0 Å². The first-order valence-corrected chi connectivity index (χ1v) is 10.0. The van der Waals surface area contributed by atoms with Crippen LogP contribution in [0.25, 0.3) is 0 Å². The third-order valence-electron chi connectivity index (χ3n) is 3.24. The average molecular weight is 406 g/mol. The van der Waals surface area contributed by atoms with Gasteiger partial charge in [0.1, 0.15) is 15.8 Å². The zero-order chi connectivity index (χ0) is 19.9. The number of sulfonamides is 1. The van der Waals surface area contributed by atoms with Crippen LogP contribution in [0.3, 0.4) is 0 Å². The summed E-state index contributed by atoms with van der Waals surface area (Å²) in [6.45, 7) is 3.15. The first-order valence-electron chi connectivity index (χ1n) is 7.65. The Morgan fingerprint density at radius 3 is 2.38 bits per heavy atom. The van der Waals surface area contributed by atoms with E-state index < -0.39 is 40.5 Å². The summed E-state index contributed by atoms with van der Waals surface area (Å²) in [5, 5.41) is 3.86. The Balaban J connectivity index is 2.78. The van der Waals surface area contributed by atoms with Gasteiger partial charge in [-0.15, -0.1) is 11.3 Å². The van der Waals surface area contributed by atoms with E-state index in [4.69, 9.17) is 0 Å². The third kappa shape index (κ3) is 6.07. The van der Waals surface area contributed by atoms with Crippen LogP contribution in [-0.2, 0) is 29.1 Å². The molecule has 1 rings (SSSR count). The standard InChI is InChI=1S/C15H22N2O7S2/c1-9(2)7-10(14(19)23-3)17-12(18)8-16-26(21,22)11-5-6-25-13(11)15(20)24-4/h5-6,9-10,16H,7-8H2,1-4H3,(H,17,18). The number of carbonyl (C=O) groups is 3. The molecule has 26 heavy (non-hydrogen) atoms. The lowest BCUT2D eigenvalue weighted by Crippen LogP contribution is -2.46. The largest absolute Gasteiger partial charge is 0.467 e. The van der Waals surface area contributed by atoms with E-state index in [0.717, 1.165) is 18.4 Å². The van der Waals surface area contributed by atoms with E-state index in [9.17, 15) is 22.8 Å². The summed E-state index contributed by atoms with van der Waals surface area (Å²) >= 11 is 0.912. The van der Waals surface area contributed by atoms with Gasteiger partial charge in [0, 0.05) is 0 Å². The van der Waals surface area contributed by atoms with Crippen molar-refractivity contribution in [2.75, 3.05) is 20.8 Å². The second kappa shape index (κ2) is 9.64. The highest BCUT2D eigenvalue weighted by Crippen LogP contribution is 2.22. The Morgan fingerprint density at radius 2 is 1.85 bits per heavy atom. The molecule has 0 spiro atoms. The summed E-state index contributed by atoms with van der Waals surface area (Å²) in [6, 6.07) is 0.372. The molecule has 146 valence electrons. The highest BCUT2D eigenvalue weighted by atomic mass is 32.2. The molecule has 1 aromatic heterocycles. The lowest BCUT2D eigenvalue weighted by molar-refractivity contribution is -0.145. The van der Waals surface area contributed by atoms with Crippen molar-refractivity contribution in [3.8, 4) is 0 Å². The number of nitrogens with one attached hydrogen (secondary N) is 2. The van der Waals surface area contributed by atoms with Gasteiger partial charge in [-0.25, -0.2) is 22.7 Å². The van der Waals surface area contributed by atoms with Crippen LogP contribution in [0.2, 0.25) is 0 Å². The van der Waals surface area contributed by atoms with Gasteiger partial charge >= 0.3 is 11.9 Å². The summed E-state index contributed by atoms with van der Waals surface area (Å²) in [6.07, 6.45) is 0.349. The van der Waals surface area contributed by atoms with Crippen LogP contribution < -0.4 is 10.0 Å². The molecule has 0 aliphatic heterocycles. The highest BCUT2D eigenvalue weighted by Gasteiger charge is 2.27. The highest BCUT2D eigenvalue weighted by molar-refractivity contribution is 7.89. The number of thiophene rings is 1. The molecule has 1 aromatic rings. The lowest BCUT2D eigenvalue weighted by Gasteiger charge is -2.18. The predicted molar refractivity (Wildman–Crippen MR) is 94.2 cm³/mol. The van der Waals surface area contributed by atoms with Crippen LogP contribution in [0.4, 0.5) is 0 Å². The average Bonchev–Trinajstić information content (AvgIpc) is 3.08. The normalized spacial score (nSPS) is 12.5. The van der Waals surface area contributed by atoms with Crippen molar-refractivity contribution < 1.29 is 32.3 Å². The molecule has 0 bridgehead atoms. The van der Waals surface area contributed by atoms with Crippen LogP contribution in [0.15, 0.2) is 16.3 Å². The van der Waals surface area contributed by atoms with Crippen molar-refractivity contribution in [2.45, 2.75) is 31.2 Å². The fourth-order valence-corrected chi connectivity index (χ4v) is 4.38. The van der Waals surface area contributed by atoms with Gasteiger partial charge in [0.15, 0.2) is 0 Å². The monoisotopic (exact) mass is 406 g/mol. The maximum absolute atomic E-state index is 12.3. The fourth-order valence-electron chi connectivity index (χ4n) is 2.06. The molecule has 0 aliphatic rings. The van der Waals surface area contributed by atoms with Crippen molar-refractivity contribution in [3.63, 3.8) is 0 Å². The summed E-state index contributed by atoms with van der Waals surface area (Å²) in [5.41, 5.74) is 0. The topological polar surface area (TPSA) is 128 Å². The van der Waals surface area contributed by atoms with E-state index in [2.05, 4.69) is 19.5 Å². The van der Waals surface area contributed by atoms with Crippen LogP contribution >= 0.6 is 11.3 Å². The SMILES string of the molecule is COC(=O)c1sccc1S(=O)(=O)NCC(=O)NC(CC(C)C)C(=O)OC. The zero-order valence-corrected chi connectivity index (χ0v) is 16.5. The van der Waals surface area contributed by atoms with Gasteiger partial charge in [0.2, 0.25) is 15.9 Å². The lowest BCUT2D eigenvalue weighted by atomic mass is 10.0. The number of amides is 1. The molecular formula is C15H22N2O7S2. The smallest absolute Gasteiger partial charge is 0.349 e. The second-order valence-corrected chi connectivity index (χ2v) is 8.35. The molecule has 1 heterocycles. The van der Waals surface area contributed by atoms with Crippen LogP contribution in [0, 0.1) is 5.92 Å². The molecule has 1 unspecified atom stereocenters. The van der Waals surface area contributed by atoms with Crippen LogP contribution in [0.5, 0.6) is 0 Å². The minimum Gasteiger partial charge on any atom is -0.467 e. The number of hydrogen-bond acceptors (Lipinski definition) is 8. The molecule has 0 fully saturated rings. The Kier molecular flexibility index (Phi) is 8.18. The van der Waals surface area contributed by atoms with E-state index in [0.29, 0.717) is 6.42 Å². The zero-order valence-electron chi connectivity index (χ0n) is 14.9. The van der Waals surface area contributed by atoms with Crippen LogP contribution in [0.1, 0.15) is 29.9 Å².